The van der Waals surface area contributed by atoms with E-state index >= 15 is 0 Å². The summed E-state index contributed by atoms with van der Waals surface area (Å²) in [5.41, 5.74) is 0.979. The van der Waals surface area contributed by atoms with Gasteiger partial charge in [-0.3, -0.25) is 9.10 Å². The second-order valence-electron chi connectivity index (χ2n) is 6.10. The normalized spacial score (nSPS) is 11.0. The Kier molecular flexibility index (Phi) is 6.41. The first-order valence-electron chi connectivity index (χ1n) is 8.69. The van der Waals surface area contributed by atoms with Gasteiger partial charge in [0.25, 0.3) is 15.9 Å². The van der Waals surface area contributed by atoms with Gasteiger partial charge in [-0.1, -0.05) is 41.9 Å². The summed E-state index contributed by atoms with van der Waals surface area (Å²) < 4.78 is 32.0. The van der Waals surface area contributed by atoms with Gasteiger partial charge in [-0.25, -0.2) is 8.42 Å². The number of carbonyl (C=O) groups is 1. The van der Waals surface area contributed by atoms with Gasteiger partial charge in [0.05, 0.1) is 21.3 Å². The summed E-state index contributed by atoms with van der Waals surface area (Å²) >= 11 is 6.00. The Balaban J connectivity index is 1.61. The van der Waals surface area contributed by atoms with Crippen molar-refractivity contribution in [1.29, 1.82) is 0 Å². The number of hydrogen-bond acceptors (Lipinski definition) is 4. The van der Waals surface area contributed by atoms with E-state index in [0.717, 1.165) is 0 Å². The lowest BCUT2D eigenvalue weighted by atomic mass is 10.3. The fraction of sp³-hybridized carbons (Fsp3) is 0.0952. The zero-order chi connectivity index (χ0) is 20.9. The van der Waals surface area contributed by atoms with E-state index in [1.807, 2.05) is 0 Å². The average Bonchev–Trinajstić information content (AvgIpc) is 2.74. The molecule has 3 aromatic carbocycles. The highest BCUT2D eigenvalue weighted by atomic mass is 35.5. The first-order chi connectivity index (χ1) is 13.9. The third-order valence-corrected chi connectivity index (χ3v) is 6.25. The molecule has 0 saturated heterocycles. The molecule has 1 amide bonds. The number of halogens is 1. The van der Waals surface area contributed by atoms with Crippen LogP contribution in [0.2, 0.25) is 5.02 Å². The van der Waals surface area contributed by atoms with Crippen molar-refractivity contribution in [1.82, 2.24) is 0 Å². The molecule has 3 rings (SSSR count). The Morgan fingerprint density at radius 1 is 0.966 bits per heavy atom. The van der Waals surface area contributed by atoms with Crippen molar-refractivity contribution >= 4 is 38.9 Å². The molecule has 0 bridgehead atoms. The second kappa shape index (κ2) is 8.98. The maximum absolute atomic E-state index is 12.7. The zero-order valence-corrected chi connectivity index (χ0v) is 17.2. The molecule has 29 heavy (non-hydrogen) atoms. The summed E-state index contributed by atoms with van der Waals surface area (Å²) in [5, 5.41) is 3.10. The van der Waals surface area contributed by atoms with Crippen molar-refractivity contribution in [2.75, 3.05) is 23.3 Å². The maximum Gasteiger partial charge on any atom is 0.264 e. The summed E-state index contributed by atoms with van der Waals surface area (Å²) in [4.78, 5) is 12.2. The van der Waals surface area contributed by atoms with E-state index in [2.05, 4.69) is 5.32 Å². The van der Waals surface area contributed by atoms with Crippen molar-refractivity contribution < 1.29 is 17.9 Å². The third-order valence-electron chi connectivity index (χ3n) is 4.12. The number of nitrogens with zero attached hydrogens (tertiary/aromatic N) is 1. The minimum atomic E-state index is -3.65. The van der Waals surface area contributed by atoms with E-state index in [1.54, 1.807) is 78.9 Å². The number of para-hydroxylation sites is 1. The van der Waals surface area contributed by atoms with Gasteiger partial charge in [0.15, 0.2) is 6.61 Å². The second-order valence-corrected chi connectivity index (χ2v) is 8.47. The summed E-state index contributed by atoms with van der Waals surface area (Å²) in [7, 11) is -2.17. The number of amides is 1. The Morgan fingerprint density at radius 2 is 1.59 bits per heavy atom. The van der Waals surface area contributed by atoms with E-state index in [1.165, 1.54) is 11.4 Å². The molecule has 150 valence electrons. The third kappa shape index (κ3) is 5.07. The van der Waals surface area contributed by atoms with Crippen LogP contribution in [0, 0.1) is 0 Å². The van der Waals surface area contributed by atoms with Crippen LogP contribution in [0.25, 0.3) is 0 Å². The molecule has 0 aliphatic heterocycles. The van der Waals surface area contributed by atoms with Gasteiger partial charge in [-0.2, -0.15) is 0 Å². The van der Waals surface area contributed by atoms with Crippen LogP contribution in [0.1, 0.15) is 0 Å². The number of carbonyl (C=O) groups excluding carboxylic acids is 1. The van der Waals surface area contributed by atoms with Crippen LogP contribution in [0.5, 0.6) is 5.75 Å². The SMILES string of the molecule is CN(c1ccc(OCC(=O)Nc2ccccc2Cl)cc1)S(=O)(=O)c1ccccc1. The molecular weight excluding hydrogens is 412 g/mol. The van der Waals surface area contributed by atoms with Gasteiger partial charge in [-0.05, 0) is 48.5 Å². The standard InChI is InChI=1S/C21H19ClN2O4S/c1-24(29(26,27)18-7-3-2-4-8-18)16-11-13-17(14-12-16)28-15-21(25)23-20-10-6-5-9-19(20)22/h2-14H,15H2,1H3,(H,23,25). The van der Waals surface area contributed by atoms with Gasteiger partial charge in [-0.15, -0.1) is 0 Å². The number of nitrogens with one attached hydrogen (secondary N) is 1. The summed E-state index contributed by atoms with van der Waals surface area (Å²) in [6.07, 6.45) is 0. The van der Waals surface area contributed by atoms with Crippen LogP contribution in [-0.2, 0) is 14.8 Å². The van der Waals surface area contributed by atoms with Crippen LogP contribution >= 0.6 is 11.6 Å². The number of anilines is 2. The average molecular weight is 431 g/mol. The smallest absolute Gasteiger partial charge is 0.264 e. The number of rotatable bonds is 7. The highest BCUT2D eigenvalue weighted by Gasteiger charge is 2.20. The molecule has 6 nitrogen and oxygen atoms in total. The number of hydrogen-bond donors (Lipinski definition) is 1. The van der Waals surface area contributed by atoms with Crippen molar-refractivity contribution in [2.45, 2.75) is 4.90 Å². The minimum absolute atomic E-state index is 0.206. The molecule has 0 saturated carbocycles. The van der Waals surface area contributed by atoms with Crippen molar-refractivity contribution in [2.24, 2.45) is 0 Å². The molecule has 0 heterocycles. The molecule has 0 atom stereocenters. The van der Waals surface area contributed by atoms with Gasteiger partial charge in [0, 0.05) is 7.05 Å². The first kappa shape index (κ1) is 20.7. The molecular formula is C21H19ClN2O4S. The molecule has 0 aromatic heterocycles. The highest BCUT2D eigenvalue weighted by molar-refractivity contribution is 7.92. The van der Waals surface area contributed by atoms with Gasteiger partial charge >= 0.3 is 0 Å². The first-order valence-corrected chi connectivity index (χ1v) is 10.5. The fourth-order valence-corrected chi connectivity index (χ4v) is 3.94. The summed E-state index contributed by atoms with van der Waals surface area (Å²) in [6.45, 7) is -0.206. The lowest BCUT2D eigenvalue weighted by molar-refractivity contribution is -0.118. The predicted octanol–water partition coefficient (Wildman–Crippen LogP) is 4.18. The minimum Gasteiger partial charge on any atom is -0.484 e. The highest BCUT2D eigenvalue weighted by Crippen LogP contribution is 2.24. The van der Waals surface area contributed by atoms with Gasteiger partial charge < -0.3 is 10.1 Å². The zero-order valence-electron chi connectivity index (χ0n) is 15.6. The maximum atomic E-state index is 12.7. The molecule has 0 unspecified atom stereocenters. The fourth-order valence-electron chi connectivity index (χ4n) is 2.54. The lowest BCUT2D eigenvalue weighted by Gasteiger charge is -2.19. The lowest BCUT2D eigenvalue weighted by Crippen LogP contribution is -2.26. The Morgan fingerprint density at radius 3 is 2.24 bits per heavy atom. The summed E-state index contributed by atoms with van der Waals surface area (Å²) in [6, 6.07) is 21.5. The molecule has 0 aliphatic rings. The van der Waals surface area contributed by atoms with Crippen LogP contribution in [-0.4, -0.2) is 28.0 Å². The van der Waals surface area contributed by atoms with Crippen LogP contribution in [0.15, 0.2) is 83.8 Å². The monoisotopic (exact) mass is 430 g/mol. The molecule has 8 heteroatoms. The van der Waals surface area contributed by atoms with Crippen molar-refractivity contribution in [3.05, 3.63) is 83.9 Å². The quantitative estimate of drug-likeness (QED) is 0.610. The summed E-state index contributed by atoms with van der Waals surface area (Å²) in [5.74, 6) is 0.0829. The Labute approximate surface area is 174 Å². The topological polar surface area (TPSA) is 75.7 Å². The predicted molar refractivity (Wildman–Crippen MR) is 114 cm³/mol. The van der Waals surface area contributed by atoms with Crippen LogP contribution in [0.4, 0.5) is 11.4 Å². The van der Waals surface area contributed by atoms with Crippen LogP contribution < -0.4 is 14.4 Å². The van der Waals surface area contributed by atoms with Crippen LogP contribution in [0.3, 0.4) is 0 Å². The molecule has 3 aromatic rings. The van der Waals surface area contributed by atoms with Gasteiger partial charge in [0.1, 0.15) is 5.75 Å². The number of benzene rings is 3. The van der Waals surface area contributed by atoms with Crippen molar-refractivity contribution in [3.8, 4) is 5.75 Å². The Hall–Kier alpha value is -3.03. The van der Waals surface area contributed by atoms with E-state index in [-0.39, 0.29) is 17.4 Å². The van der Waals surface area contributed by atoms with E-state index in [0.29, 0.717) is 22.1 Å². The van der Waals surface area contributed by atoms with E-state index < -0.39 is 10.0 Å². The van der Waals surface area contributed by atoms with Gasteiger partial charge in [0.2, 0.25) is 0 Å². The molecule has 1 N–H and O–H groups in total. The number of ether oxygens (including phenoxy) is 1. The number of sulfonamides is 1. The largest absolute Gasteiger partial charge is 0.484 e. The molecule has 0 aliphatic carbocycles. The Bertz CT molecular complexity index is 1090. The van der Waals surface area contributed by atoms with E-state index in [9.17, 15) is 13.2 Å². The molecule has 0 spiro atoms. The van der Waals surface area contributed by atoms with Crippen molar-refractivity contribution in [3.63, 3.8) is 0 Å². The molecule has 0 fully saturated rings. The molecule has 0 radical (unpaired) electrons. The van der Waals surface area contributed by atoms with E-state index in [4.69, 9.17) is 16.3 Å².